The predicted octanol–water partition coefficient (Wildman–Crippen LogP) is 2.79. The molecule has 1 aliphatic rings. The Balaban J connectivity index is 1.49. The number of nitrogens with zero attached hydrogens (tertiary/aromatic N) is 3. The zero-order valence-electron chi connectivity index (χ0n) is 12.9. The molecule has 0 saturated heterocycles. The minimum atomic E-state index is -0.139. The molecule has 0 bridgehead atoms. The molecule has 6 heteroatoms. The third-order valence-electron chi connectivity index (χ3n) is 4.01. The fourth-order valence-electron chi connectivity index (χ4n) is 2.79. The lowest BCUT2D eigenvalue weighted by molar-refractivity contribution is -0.117. The zero-order valence-corrected chi connectivity index (χ0v) is 12.9. The molecule has 1 aliphatic heterocycles. The second-order valence-corrected chi connectivity index (χ2v) is 5.64. The van der Waals surface area contributed by atoms with Crippen molar-refractivity contribution < 1.29 is 9.53 Å². The number of carbonyl (C=O) groups is 1. The minimum absolute atomic E-state index is 0.0510. The van der Waals surface area contributed by atoms with E-state index in [1.807, 2.05) is 54.6 Å². The third kappa shape index (κ3) is 2.86. The fourth-order valence-corrected chi connectivity index (χ4v) is 2.79. The van der Waals surface area contributed by atoms with E-state index in [0.717, 1.165) is 16.9 Å². The van der Waals surface area contributed by atoms with Crippen LogP contribution in [0.1, 0.15) is 23.6 Å². The van der Waals surface area contributed by atoms with E-state index in [0.29, 0.717) is 19.0 Å². The van der Waals surface area contributed by atoms with Crippen LogP contribution in [0.4, 0.5) is 5.95 Å². The van der Waals surface area contributed by atoms with Gasteiger partial charge in [-0.3, -0.25) is 10.1 Å². The van der Waals surface area contributed by atoms with Crippen LogP contribution in [-0.4, -0.2) is 20.7 Å². The van der Waals surface area contributed by atoms with Crippen molar-refractivity contribution in [2.45, 2.75) is 19.1 Å². The topological polar surface area (TPSA) is 69.0 Å². The van der Waals surface area contributed by atoms with Gasteiger partial charge in [0.2, 0.25) is 11.9 Å². The van der Waals surface area contributed by atoms with E-state index in [4.69, 9.17) is 4.74 Å². The number of nitrogens with one attached hydrogen (secondary N) is 1. The lowest BCUT2D eigenvalue weighted by Crippen LogP contribution is -2.29. The van der Waals surface area contributed by atoms with E-state index < -0.39 is 0 Å². The van der Waals surface area contributed by atoms with Gasteiger partial charge in [-0.15, -0.1) is 0 Å². The standard InChI is InChI=1S/C18H16N4O2/c23-17-10-16(22-18(21-17)19-12-20-22)14-6-8-15(9-7-14)24-11-13-4-2-1-3-5-13/h1-9,12,16H,10-11H2,(H,19,20,21,23)/t16-/m1/s1. The quantitative estimate of drug-likeness (QED) is 0.802. The monoisotopic (exact) mass is 320 g/mol. The molecule has 0 saturated carbocycles. The molecule has 0 aliphatic carbocycles. The highest BCUT2D eigenvalue weighted by atomic mass is 16.5. The van der Waals surface area contributed by atoms with E-state index in [9.17, 15) is 4.79 Å². The van der Waals surface area contributed by atoms with Crippen LogP contribution in [0.5, 0.6) is 5.75 Å². The number of carbonyl (C=O) groups excluding carboxylic acids is 1. The van der Waals surface area contributed by atoms with Crippen LogP contribution in [0.25, 0.3) is 0 Å². The van der Waals surface area contributed by atoms with Crippen molar-refractivity contribution in [3.8, 4) is 5.75 Å². The number of rotatable bonds is 4. The highest BCUT2D eigenvalue weighted by Crippen LogP contribution is 2.29. The molecular formula is C18H16N4O2. The molecule has 6 nitrogen and oxygen atoms in total. The molecule has 2 heterocycles. The number of amides is 1. The van der Waals surface area contributed by atoms with Gasteiger partial charge in [0.15, 0.2) is 0 Å². The highest BCUT2D eigenvalue weighted by Gasteiger charge is 2.27. The van der Waals surface area contributed by atoms with E-state index >= 15 is 0 Å². The Morgan fingerprint density at radius 2 is 1.92 bits per heavy atom. The molecule has 2 aromatic carbocycles. The normalized spacial score (nSPS) is 16.3. The summed E-state index contributed by atoms with van der Waals surface area (Å²) in [5, 5.41) is 6.92. The van der Waals surface area contributed by atoms with Gasteiger partial charge in [-0.2, -0.15) is 10.1 Å². The number of anilines is 1. The Morgan fingerprint density at radius 1 is 1.12 bits per heavy atom. The minimum Gasteiger partial charge on any atom is -0.489 e. The Bertz CT molecular complexity index is 843. The SMILES string of the molecule is O=C1C[C@H](c2ccc(OCc3ccccc3)cc2)n2ncnc2N1. The molecule has 1 aromatic heterocycles. The maximum atomic E-state index is 11.8. The van der Waals surface area contributed by atoms with Crippen LogP contribution in [0, 0.1) is 0 Å². The summed E-state index contributed by atoms with van der Waals surface area (Å²) in [6.07, 6.45) is 1.80. The number of aromatic nitrogens is 3. The van der Waals surface area contributed by atoms with Crippen molar-refractivity contribution >= 4 is 11.9 Å². The molecule has 0 radical (unpaired) electrons. The zero-order chi connectivity index (χ0) is 16.4. The predicted molar refractivity (Wildman–Crippen MR) is 88.6 cm³/mol. The third-order valence-corrected chi connectivity index (χ3v) is 4.01. The van der Waals surface area contributed by atoms with Gasteiger partial charge in [-0.25, -0.2) is 4.68 Å². The van der Waals surface area contributed by atoms with E-state index in [1.165, 1.54) is 6.33 Å². The lowest BCUT2D eigenvalue weighted by atomic mass is 10.0. The van der Waals surface area contributed by atoms with Crippen LogP contribution < -0.4 is 10.1 Å². The lowest BCUT2D eigenvalue weighted by Gasteiger charge is -2.23. The first-order valence-electron chi connectivity index (χ1n) is 7.75. The molecule has 24 heavy (non-hydrogen) atoms. The Labute approximate surface area is 139 Å². The first kappa shape index (κ1) is 14.4. The second-order valence-electron chi connectivity index (χ2n) is 5.64. The molecule has 0 unspecified atom stereocenters. The van der Waals surface area contributed by atoms with E-state index in [2.05, 4.69) is 15.4 Å². The summed E-state index contributed by atoms with van der Waals surface area (Å²) in [6, 6.07) is 17.7. The van der Waals surface area contributed by atoms with Crippen LogP contribution in [0.2, 0.25) is 0 Å². The maximum Gasteiger partial charge on any atom is 0.229 e. The van der Waals surface area contributed by atoms with Gasteiger partial charge in [-0.1, -0.05) is 42.5 Å². The van der Waals surface area contributed by atoms with Gasteiger partial charge < -0.3 is 4.74 Å². The summed E-state index contributed by atoms with van der Waals surface area (Å²) in [5.41, 5.74) is 2.13. The smallest absolute Gasteiger partial charge is 0.229 e. The van der Waals surface area contributed by atoms with Crippen molar-refractivity contribution in [2.75, 3.05) is 5.32 Å². The molecule has 1 atom stereocenters. The van der Waals surface area contributed by atoms with Crippen LogP contribution in [-0.2, 0) is 11.4 Å². The summed E-state index contributed by atoms with van der Waals surface area (Å²) in [6.45, 7) is 0.527. The summed E-state index contributed by atoms with van der Waals surface area (Å²) in [7, 11) is 0. The maximum absolute atomic E-state index is 11.8. The number of hydrogen-bond acceptors (Lipinski definition) is 4. The van der Waals surface area contributed by atoms with Gasteiger partial charge in [0.25, 0.3) is 0 Å². The summed E-state index contributed by atoms with van der Waals surface area (Å²) in [4.78, 5) is 15.9. The van der Waals surface area contributed by atoms with Gasteiger partial charge in [0.05, 0.1) is 12.5 Å². The number of fused-ring (bicyclic) bond motifs is 1. The number of benzene rings is 2. The van der Waals surface area contributed by atoms with Crippen LogP contribution in [0.15, 0.2) is 60.9 Å². The molecule has 1 amide bonds. The van der Waals surface area contributed by atoms with Crippen LogP contribution >= 0.6 is 0 Å². The fraction of sp³-hybridized carbons (Fsp3) is 0.167. The second kappa shape index (κ2) is 6.16. The first-order chi connectivity index (χ1) is 11.8. The molecule has 3 aromatic rings. The molecule has 4 rings (SSSR count). The van der Waals surface area contributed by atoms with Gasteiger partial charge >= 0.3 is 0 Å². The Kier molecular flexibility index (Phi) is 3.70. The van der Waals surface area contributed by atoms with E-state index in [-0.39, 0.29) is 11.9 Å². The van der Waals surface area contributed by atoms with Crippen molar-refractivity contribution in [1.29, 1.82) is 0 Å². The van der Waals surface area contributed by atoms with Gasteiger partial charge in [0.1, 0.15) is 18.7 Å². The van der Waals surface area contributed by atoms with Crippen molar-refractivity contribution in [1.82, 2.24) is 14.8 Å². The molecular weight excluding hydrogens is 304 g/mol. The highest BCUT2D eigenvalue weighted by molar-refractivity contribution is 5.91. The largest absolute Gasteiger partial charge is 0.489 e. The van der Waals surface area contributed by atoms with Crippen molar-refractivity contribution in [2.24, 2.45) is 0 Å². The summed E-state index contributed by atoms with van der Waals surface area (Å²) < 4.78 is 7.53. The van der Waals surface area contributed by atoms with Gasteiger partial charge in [0, 0.05) is 0 Å². The number of hydrogen-bond donors (Lipinski definition) is 1. The Hall–Kier alpha value is -3.15. The Morgan fingerprint density at radius 3 is 2.71 bits per heavy atom. The summed E-state index contributed by atoms with van der Waals surface area (Å²) in [5.74, 6) is 1.23. The average Bonchev–Trinajstić information content (AvgIpc) is 3.09. The molecule has 0 fully saturated rings. The summed E-state index contributed by atoms with van der Waals surface area (Å²) >= 11 is 0. The molecule has 0 spiro atoms. The van der Waals surface area contributed by atoms with Gasteiger partial charge in [-0.05, 0) is 23.3 Å². The number of ether oxygens (including phenoxy) is 1. The van der Waals surface area contributed by atoms with Crippen LogP contribution in [0.3, 0.4) is 0 Å². The average molecular weight is 320 g/mol. The van der Waals surface area contributed by atoms with Crippen molar-refractivity contribution in [3.05, 3.63) is 72.1 Å². The van der Waals surface area contributed by atoms with E-state index in [1.54, 1.807) is 4.68 Å². The molecule has 120 valence electrons. The first-order valence-corrected chi connectivity index (χ1v) is 7.75. The van der Waals surface area contributed by atoms with Crippen molar-refractivity contribution in [3.63, 3.8) is 0 Å². The molecule has 1 N–H and O–H groups in total.